The van der Waals surface area contributed by atoms with Crippen molar-refractivity contribution in [1.29, 1.82) is 0 Å². The third kappa shape index (κ3) is 8.76. The quantitative estimate of drug-likeness (QED) is 0.452. The molecule has 10 nitrogen and oxygen atoms in total. The number of ether oxygens (including phenoxy) is 2. The first-order chi connectivity index (χ1) is 18.3. The van der Waals surface area contributed by atoms with Gasteiger partial charge in [-0.2, -0.15) is 0 Å². The van der Waals surface area contributed by atoms with Gasteiger partial charge in [0, 0.05) is 12.3 Å². The molecule has 1 unspecified atom stereocenters. The second-order valence-electron chi connectivity index (χ2n) is 11.1. The fraction of sp³-hybridized carbons (Fsp3) is 0.667. The minimum Gasteiger partial charge on any atom is -0.497 e. The van der Waals surface area contributed by atoms with Crippen LogP contribution in [0.5, 0.6) is 5.75 Å². The second-order valence-corrected chi connectivity index (χ2v) is 14.2. The average molecular weight is 584 g/mol. The molecule has 0 spiro atoms. The summed E-state index contributed by atoms with van der Waals surface area (Å²) in [5.74, 6) is -0.218. The van der Waals surface area contributed by atoms with Crippen LogP contribution >= 0.6 is 11.8 Å². The van der Waals surface area contributed by atoms with Gasteiger partial charge in [0.2, 0.25) is 10.0 Å². The Morgan fingerprint density at radius 2 is 1.74 bits per heavy atom. The molecule has 1 heterocycles. The number of rotatable bonds is 9. The van der Waals surface area contributed by atoms with E-state index in [1.165, 1.54) is 23.6 Å². The van der Waals surface area contributed by atoms with Crippen molar-refractivity contribution in [2.24, 2.45) is 5.92 Å². The van der Waals surface area contributed by atoms with Crippen LogP contribution in [0.1, 0.15) is 65.4 Å². The first kappa shape index (κ1) is 31.1. The van der Waals surface area contributed by atoms with Crippen LogP contribution in [0, 0.1) is 5.92 Å². The van der Waals surface area contributed by atoms with Crippen LogP contribution in [0.3, 0.4) is 0 Å². The Labute approximate surface area is 236 Å². The van der Waals surface area contributed by atoms with Gasteiger partial charge in [0.05, 0.1) is 12.4 Å². The molecular weight excluding hydrogens is 542 g/mol. The number of benzene rings is 1. The van der Waals surface area contributed by atoms with Gasteiger partial charge in [-0.1, -0.05) is 31.4 Å². The van der Waals surface area contributed by atoms with E-state index in [0.717, 1.165) is 37.7 Å². The normalized spacial score (nSPS) is 20.1. The van der Waals surface area contributed by atoms with Crippen molar-refractivity contribution in [2.75, 3.05) is 19.4 Å². The van der Waals surface area contributed by atoms with E-state index in [-0.39, 0.29) is 12.3 Å². The molecule has 1 aliphatic carbocycles. The number of amides is 3. The van der Waals surface area contributed by atoms with Gasteiger partial charge in [-0.25, -0.2) is 13.2 Å². The third-order valence-corrected chi connectivity index (χ3v) is 9.95. The van der Waals surface area contributed by atoms with Crippen molar-refractivity contribution >= 4 is 39.7 Å². The summed E-state index contributed by atoms with van der Waals surface area (Å²) in [5, 5.41) is 0.923. The number of carbonyl (C=O) groups is 3. The summed E-state index contributed by atoms with van der Waals surface area (Å²) < 4.78 is 39.9. The fourth-order valence-corrected chi connectivity index (χ4v) is 7.79. The molecule has 1 saturated heterocycles. The molecule has 3 amide bonds. The number of methoxy groups -OCH3 is 1. The topological polar surface area (TPSA) is 131 Å². The molecule has 1 saturated carbocycles. The van der Waals surface area contributed by atoms with E-state index >= 15 is 0 Å². The van der Waals surface area contributed by atoms with Crippen LogP contribution in [0.4, 0.5) is 4.79 Å². The van der Waals surface area contributed by atoms with Crippen LogP contribution in [0.25, 0.3) is 0 Å². The Morgan fingerprint density at radius 1 is 1.10 bits per heavy atom. The van der Waals surface area contributed by atoms with Crippen LogP contribution < -0.4 is 14.8 Å². The average Bonchev–Trinajstić information content (AvgIpc) is 3.37. The van der Waals surface area contributed by atoms with E-state index in [9.17, 15) is 22.8 Å². The van der Waals surface area contributed by atoms with Crippen molar-refractivity contribution in [3.05, 3.63) is 29.8 Å². The lowest BCUT2D eigenvalue weighted by Gasteiger charge is -2.31. The van der Waals surface area contributed by atoms with Crippen molar-refractivity contribution in [2.45, 2.75) is 88.5 Å². The molecule has 2 fully saturated rings. The Kier molecular flexibility index (Phi) is 10.6. The molecule has 1 aliphatic heterocycles. The number of nitrogens with one attached hydrogen (secondary N) is 2. The molecule has 3 rings (SSSR count). The van der Waals surface area contributed by atoms with Gasteiger partial charge in [0.1, 0.15) is 17.4 Å². The van der Waals surface area contributed by atoms with Gasteiger partial charge in [-0.05, 0) is 70.6 Å². The molecule has 39 heavy (non-hydrogen) atoms. The summed E-state index contributed by atoms with van der Waals surface area (Å²) >= 11 is 1.26. The number of hydrogen-bond donors (Lipinski definition) is 2. The van der Waals surface area contributed by atoms with E-state index in [4.69, 9.17) is 9.47 Å². The highest BCUT2D eigenvalue weighted by Gasteiger charge is 2.40. The summed E-state index contributed by atoms with van der Waals surface area (Å²) in [6, 6.07) is 6.13. The van der Waals surface area contributed by atoms with Crippen LogP contribution in [-0.2, 0) is 30.8 Å². The first-order valence-corrected chi connectivity index (χ1v) is 16.0. The Hall–Kier alpha value is -2.47. The van der Waals surface area contributed by atoms with Gasteiger partial charge < -0.3 is 14.8 Å². The van der Waals surface area contributed by atoms with Gasteiger partial charge in [0.25, 0.3) is 11.8 Å². The number of sulfonamides is 1. The fourth-order valence-electron chi connectivity index (χ4n) is 4.88. The maximum Gasteiger partial charge on any atom is 0.411 e. The van der Waals surface area contributed by atoms with Gasteiger partial charge in [-0.3, -0.25) is 19.2 Å². The van der Waals surface area contributed by atoms with Crippen LogP contribution in [0.2, 0.25) is 0 Å². The highest BCUT2D eigenvalue weighted by molar-refractivity contribution is 8.00. The maximum atomic E-state index is 13.5. The summed E-state index contributed by atoms with van der Waals surface area (Å²) in [6.45, 7) is 6.99. The molecule has 1 aromatic rings. The third-order valence-electron chi connectivity index (χ3n) is 6.91. The standard InChI is InChI=1S/C27H41N3O7S2/c1-18(28-24(32)25-30(15-16-38-25)26(33)37-27(2,3)4)23(31)29-39(34,35)22(20-9-7-6-8-10-20)17-19-11-13-21(36-5)14-12-19/h11-14,18,20,22,25H,6-10,15-17H2,1-5H3,(H,28,32)(H,29,31)/t18-,22?,25+/m1/s1. The smallest absolute Gasteiger partial charge is 0.411 e. The van der Waals surface area contributed by atoms with Crippen molar-refractivity contribution < 1.29 is 32.3 Å². The van der Waals surface area contributed by atoms with Crippen molar-refractivity contribution in [3.63, 3.8) is 0 Å². The highest BCUT2D eigenvalue weighted by atomic mass is 32.2. The monoisotopic (exact) mass is 583 g/mol. The second kappa shape index (κ2) is 13.3. The summed E-state index contributed by atoms with van der Waals surface area (Å²) in [7, 11) is -2.48. The van der Waals surface area contributed by atoms with E-state index in [1.807, 2.05) is 12.1 Å². The van der Waals surface area contributed by atoms with Crippen LogP contribution in [-0.4, -0.2) is 72.9 Å². The van der Waals surface area contributed by atoms with Crippen molar-refractivity contribution in [1.82, 2.24) is 14.9 Å². The predicted octanol–water partition coefficient (Wildman–Crippen LogP) is 3.45. The Bertz CT molecular complexity index is 1110. The summed E-state index contributed by atoms with van der Waals surface area (Å²) in [4.78, 5) is 39.8. The maximum absolute atomic E-state index is 13.5. The predicted molar refractivity (Wildman–Crippen MR) is 151 cm³/mol. The lowest BCUT2D eigenvalue weighted by atomic mass is 9.85. The minimum absolute atomic E-state index is 0.0756. The SMILES string of the molecule is COc1ccc(CC(C2CCCCC2)S(=O)(=O)NC(=O)[C@@H](C)NC(=O)[C@@H]2SCCN2C(=O)OC(C)(C)C)cc1. The first-order valence-electron chi connectivity index (χ1n) is 13.4. The number of nitrogens with zero attached hydrogens (tertiary/aromatic N) is 1. The lowest BCUT2D eigenvalue weighted by molar-refractivity contribution is -0.128. The Balaban J connectivity index is 1.67. The zero-order valence-electron chi connectivity index (χ0n) is 23.4. The molecule has 0 aromatic heterocycles. The van der Waals surface area contributed by atoms with Crippen LogP contribution in [0.15, 0.2) is 24.3 Å². The molecule has 0 radical (unpaired) electrons. The molecule has 2 N–H and O–H groups in total. The molecular formula is C27H41N3O7S2. The summed E-state index contributed by atoms with van der Waals surface area (Å²) in [5.41, 5.74) is 0.124. The molecule has 218 valence electrons. The molecule has 0 bridgehead atoms. The molecule has 1 aromatic carbocycles. The van der Waals surface area contributed by atoms with Gasteiger partial charge in [-0.15, -0.1) is 11.8 Å². The minimum atomic E-state index is -4.05. The van der Waals surface area contributed by atoms with Gasteiger partial charge in [0.15, 0.2) is 5.37 Å². The zero-order chi connectivity index (χ0) is 28.8. The van der Waals surface area contributed by atoms with E-state index in [1.54, 1.807) is 40.0 Å². The van der Waals surface area contributed by atoms with E-state index in [2.05, 4.69) is 10.0 Å². The highest BCUT2D eigenvalue weighted by Crippen LogP contribution is 2.32. The molecule has 12 heteroatoms. The summed E-state index contributed by atoms with van der Waals surface area (Å²) in [6.07, 6.45) is 4.19. The number of hydrogen-bond acceptors (Lipinski definition) is 8. The largest absolute Gasteiger partial charge is 0.497 e. The zero-order valence-corrected chi connectivity index (χ0v) is 25.0. The Morgan fingerprint density at radius 3 is 2.33 bits per heavy atom. The van der Waals surface area contributed by atoms with Crippen molar-refractivity contribution in [3.8, 4) is 5.75 Å². The molecule has 3 atom stereocenters. The number of thioether (sulfide) groups is 1. The molecule has 2 aliphatic rings. The van der Waals surface area contributed by atoms with E-state index < -0.39 is 50.2 Å². The van der Waals surface area contributed by atoms with E-state index in [0.29, 0.717) is 18.0 Å². The lowest BCUT2D eigenvalue weighted by Crippen LogP contribution is -2.54. The number of carbonyl (C=O) groups excluding carboxylic acids is 3. The van der Waals surface area contributed by atoms with Gasteiger partial charge >= 0.3 is 6.09 Å².